The van der Waals surface area contributed by atoms with E-state index >= 15 is 0 Å². The number of nitrogens with zero attached hydrogens (tertiary/aromatic N) is 3. The summed E-state index contributed by atoms with van der Waals surface area (Å²) in [7, 11) is 0. The van der Waals surface area contributed by atoms with E-state index in [0.717, 1.165) is 35.5 Å². The molecule has 0 bridgehead atoms. The van der Waals surface area contributed by atoms with Crippen LogP contribution in [0.4, 0.5) is 5.69 Å². The minimum absolute atomic E-state index is 0.100. The number of halogens is 2. The molecular formula is C22H21Cl2N3O2. The molecule has 2 heterocycles. The second kappa shape index (κ2) is 8.47. The molecule has 1 fully saturated rings. The largest absolute Gasteiger partial charge is 0.441 e. The van der Waals surface area contributed by atoms with E-state index < -0.39 is 0 Å². The van der Waals surface area contributed by atoms with Gasteiger partial charge in [0.15, 0.2) is 11.7 Å². The lowest BCUT2D eigenvalue weighted by Gasteiger charge is -2.23. The SMILES string of the molecule is Cc1ncc(-c2ccc(N3CCCN(Cc4ccc(Cl)c(Cl)c4)C(=O)C3)cc2)o1. The fraction of sp³-hybridized carbons (Fsp3) is 0.273. The van der Waals surface area contributed by atoms with Gasteiger partial charge in [-0.15, -0.1) is 0 Å². The van der Waals surface area contributed by atoms with Crippen LogP contribution in [0, 0.1) is 6.92 Å². The first-order valence-corrected chi connectivity index (χ1v) is 10.2. The third-order valence-electron chi connectivity index (χ3n) is 5.03. The van der Waals surface area contributed by atoms with Gasteiger partial charge >= 0.3 is 0 Å². The molecule has 29 heavy (non-hydrogen) atoms. The normalized spacial score (nSPS) is 14.9. The summed E-state index contributed by atoms with van der Waals surface area (Å²) in [6.45, 7) is 4.25. The van der Waals surface area contributed by atoms with Crippen molar-refractivity contribution in [1.29, 1.82) is 0 Å². The molecule has 0 N–H and O–H groups in total. The van der Waals surface area contributed by atoms with E-state index in [-0.39, 0.29) is 5.91 Å². The number of rotatable bonds is 4. The van der Waals surface area contributed by atoms with Crippen molar-refractivity contribution in [1.82, 2.24) is 9.88 Å². The van der Waals surface area contributed by atoms with Crippen molar-refractivity contribution in [3.63, 3.8) is 0 Å². The zero-order chi connectivity index (χ0) is 20.4. The Hall–Kier alpha value is -2.50. The predicted molar refractivity (Wildman–Crippen MR) is 115 cm³/mol. The third kappa shape index (κ3) is 4.57. The predicted octanol–water partition coefficient (Wildman–Crippen LogP) is 5.20. The van der Waals surface area contributed by atoms with Gasteiger partial charge in [0.05, 0.1) is 22.8 Å². The molecular weight excluding hydrogens is 409 g/mol. The first-order chi connectivity index (χ1) is 14.0. The highest BCUT2D eigenvalue weighted by molar-refractivity contribution is 6.42. The number of aryl methyl sites for hydroxylation is 1. The van der Waals surface area contributed by atoms with Crippen LogP contribution in [0.2, 0.25) is 10.0 Å². The molecule has 0 aliphatic carbocycles. The molecule has 150 valence electrons. The Morgan fingerprint density at radius 2 is 1.86 bits per heavy atom. The van der Waals surface area contributed by atoms with Crippen LogP contribution in [-0.2, 0) is 11.3 Å². The molecule has 3 aromatic rings. The lowest BCUT2D eigenvalue weighted by molar-refractivity contribution is -0.129. The Kier molecular flexibility index (Phi) is 5.79. The fourth-order valence-corrected chi connectivity index (χ4v) is 3.82. The van der Waals surface area contributed by atoms with Crippen LogP contribution >= 0.6 is 23.2 Å². The Balaban J connectivity index is 1.44. The van der Waals surface area contributed by atoms with Crippen LogP contribution in [-0.4, -0.2) is 35.4 Å². The van der Waals surface area contributed by atoms with E-state index in [4.69, 9.17) is 27.6 Å². The first kappa shape index (κ1) is 19.8. The molecule has 0 unspecified atom stereocenters. The Bertz CT molecular complexity index is 1020. The Labute approximate surface area is 179 Å². The number of oxazole rings is 1. The average Bonchev–Trinajstić information content (AvgIpc) is 3.07. The quantitative estimate of drug-likeness (QED) is 0.571. The molecule has 0 atom stereocenters. The molecule has 0 saturated carbocycles. The van der Waals surface area contributed by atoms with Crippen LogP contribution in [0.5, 0.6) is 0 Å². The number of hydrogen-bond acceptors (Lipinski definition) is 4. The van der Waals surface area contributed by atoms with E-state index in [1.807, 2.05) is 48.2 Å². The highest BCUT2D eigenvalue weighted by Gasteiger charge is 2.22. The maximum atomic E-state index is 12.8. The number of aromatic nitrogens is 1. The van der Waals surface area contributed by atoms with Gasteiger partial charge in [-0.25, -0.2) is 4.98 Å². The Morgan fingerprint density at radius 3 is 2.55 bits per heavy atom. The van der Waals surface area contributed by atoms with Crippen molar-refractivity contribution in [3.05, 3.63) is 70.2 Å². The van der Waals surface area contributed by atoms with Crippen molar-refractivity contribution in [2.24, 2.45) is 0 Å². The van der Waals surface area contributed by atoms with Gasteiger partial charge in [0.2, 0.25) is 5.91 Å². The van der Waals surface area contributed by atoms with Crippen LogP contribution in [0.3, 0.4) is 0 Å². The van der Waals surface area contributed by atoms with Crippen molar-refractivity contribution >= 4 is 34.8 Å². The van der Waals surface area contributed by atoms with Crippen LogP contribution in [0.1, 0.15) is 17.9 Å². The summed E-state index contributed by atoms with van der Waals surface area (Å²) >= 11 is 12.1. The monoisotopic (exact) mass is 429 g/mol. The van der Waals surface area contributed by atoms with Gasteiger partial charge in [0.1, 0.15) is 0 Å². The van der Waals surface area contributed by atoms with Gasteiger partial charge in [0.25, 0.3) is 0 Å². The van der Waals surface area contributed by atoms with E-state index in [1.54, 1.807) is 12.3 Å². The Morgan fingerprint density at radius 1 is 1.07 bits per heavy atom. The molecule has 4 rings (SSSR count). The average molecular weight is 430 g/mol. The van der Waals surface area contributed by atoms with E-state index in [9.17, 15) is 4.79 Å². The summed E-state index contributed by atoms with van der Waals surface area (Å²) < 4.78 is 5.58. The van der Waals surface area contributed by atoms with Crippen molar-refractivity contribution < 1.29 is 9.21 Å². The highest BCUT2D eigenvalue weighted by atomic mass is 35.5. The molecule has 1 amide bonds. The molecule has 1 aromatic heterocycles. The lowest BCUT2D eigenvalue weighted by atomic mass is 10.1. The van der Waals surface area contributed by atoms with Crippen molar-refractivity contribution in [2.75, 3.05) is 24.5 Å². The summed E-state index contributed by atoms with van der Waals surface area (Å²) in [4.78, 5) is 21.0. The standard InChI is InChI=1S/C22H21Cl2N3O2/c1-15-25-12-21(29-15)17-4-6-18(7-5-17)26-9-2-10-27(22(28)14-26)13-16-3-8-19(23)20(24)11-16/h3-8,11-12H,2,9-10,13-14H2,1H3. The number of benzene rings is 2. The fourth-order valence-electron chi connectivity index (χ4n) is 3.50. The van der Waals surface area contributed by atoms with E-state index in [2.05, 4.69) is 9.88 Å². The smallest absolute Gasteiger partial charge is 0.242 e. The van der Waals surface area contributed by atoms with Crippen LogP contribution in [0.25, 0.3) is 11.3 Å². The molecule has 2 aromatic carbocycles. The molecule has 1 aliphatic rings. The minimum atomic E-state index is 0.100. The van der Waals surface area contributed by atoms with Crippen molar-refractivity contribution in [3.8, 4) is 11.3 Å². The maximum Gasteiger partial charge on any atom is 0.242 e. The molecule has 0 radical (unpaired) electrons. The van der Waals surface area contributed by atoms with Gasteiger partial charge in [-0.3, -0.25) is 4.79 Å². The van der Waals surface area contributed by atoms with Crippen LogP contribution < -0.4 is 4.90 Å². The second-order valence-electron chi connectivity index (χ2n) is 7.13. The highest BCUT2D eigenvalue weighted by Crippen LogP contribution is 2.26. The number of carbonyl (C=O) groups is 1. The summed E-state index contributed by atoms with van der Waals surface area (Å²) in [5.41, 5.74) is 2.97. The minimum Gasteiger partial charge on any atom is -0.441 e. The zero-order valence-corrected chi connectivity index (χ0v) is 17.6. The molecule has 1 aliphatic heterocycles. The van der Waals surface area contributed by atoms with Crippen LogP contribution in [0.15, 0.2) is 53.1 Å². The number of amides is 1. The van der Waals surface area contributed by atoms with Gasteiger partial charge in [-0.1, -0.05) is 29.3 Å². The van der Waals surface area contributed by atoms with Gasteiger partial charge < -0.3 is 14.2 Å². The van der Waals surface area contributed by atoms with Gasteiger partial charge in [-0.2, -0.15) is 0 Å². The summed E-state index contributed by atoms with van der Waals surface area (Å²) in [6.07, 6.45) is 2.62. The molecule has 1 saturated heterocycles. The summed E-state index contributed by atoms with van der Waals surface area (Å²) in [5, 5.41) is 1.03. The maximum absolute atomic E-state index is 12.8. The van der Waals surface area contributed by atoms with E-state index in [0.29, 0.717) is 35.6 Å². The molecule has 5 nitrogen and oxygen atoms in total. The number of anilines is 1. The topological polar surface area (TPSA) is 49.6 Å². The molecule has 0 spiro atoms. The van der Waals surface area contributed by atoms with Gasteiger partial charge in [-0.05, 0) is 48.4 Å². The molecule has 7 heteroatoms. The third-order valence-corrected chi connectivity index (χ3v) is 5.77. The second-order valence-corrected chi connectivity index (χ2v) is 7.94. The first-order valence-electron chi connectivity index (χ1n) is 9.49. The summed E-state index contributed by atoms with van der Waals surface area (Å²) in [5.74, 6) is 1.49. The zero-order valence-electron chi connectivity index (χ0n) is 16.1. The van der Waals surface area contributed by atoms with E-state index in [1.165, 1.54) is 0 Å². The number of carbonyl (C=O) groups excluding carboxylic acids is 1. The van der Waals surface area contributed by atoms with Gasteiger partial charge in [0, 0.05) is 37.8 Å². The lowest BCUT2D eigenvalue weighted by Crippen LogP contribution is -2.36. The van der Waals surface area contributed by atoms with Crippen molar-refractivity contribution in [2.45, 2.75) is 19.9 Å². The summed E-state index contributed by atoms with van der Waals surface area (Å²) in [6, 6.07) is 13.5. The number of hydrogen-bond donors (Lipinski definition) is 0.